The molecule has 0 aliphatic carbocycles. The van der Waals surface area contributed by atoms with E-state index in [1.54, 1.807) is 35.6 Å². The average Bonchev–Trinajstić information content (AvgIpc) is 3.34. The normalized spacial score (nSPS) is 11.7. The summed E-state index contributed by atoms with van der Waals surface area (Å²) in [6.45, 7) is 6.63. The van der Waals surface area contributed by atoms with E-state index in [9.17, 15) is 9.59 Å². The maximum absolute atomic E-state index is 12.3. The number of carbonyl (C=O) groups is 2. The first kappa shape index (κ1) is 20.6. The van der Waals surface area contributed by atoms with Crippen molar-refractivity contribution in [1.82, 2.24) is 15.1 Å². The fourth-order valence-electron chi connectivity index (χ4n) is 3.01. The van der Waals surface area contributed by atoms with E-state index in [0.717, 1.165) is 16.3 Å². The Morgan fingerprint density at radius 3 is 2.52 bits per heavy atom. The molecule has 0 spiro atoms. The molecule has 0 saturated carbocycles. The number of hydrogen-bond donors (Lipinski definition) is 2. The number of hydrogen-bond acceptors (Lipinski definition) is 5. The molecule has 2 amide bonds. The summed E-state index contributed by atoms with van der Waals surface area (Å²) in [5.74, 6) is -0.701. The molecule has 7 nitrogen and oxygen atoms in total. The number of carbonyl (C=O) groups excluding carboxylic acids is 2. The van der Waals surface area contributed by atoms with E-state index >= 15 is 0 Å². The molecule has 1 unspecified atom stereocenters. The molecule has 3 aromatic rings. The molecule has 0 saturated heterocycles. The first-order valence-electron chi connectivity index (χ1n) is 9.36. The number of nitrogens with one attached hydrogen (secondary N) is 2. The number of nitrogens with zero attached hydrogens (tertiary/aromatic N) is 2. The topological polar surface area (TPSA) is 85.2 Å². The third kappa shape index (κ3) is 5.23. The summed E-state index contributed by atoms with van der Waals surface area (Å²) >= 11 is 1.59. The Hall–Kier alpha value is -3.13. The Labute approximate surface area is 173 Å². The maximum atomic E-state index is 12.3. The maximum Gasteiger partial charge on any atom is 0.313 e. The zero-order valence-corrected chi connectivity index (χ0v) is 17.5. The van der Waals surface area contributed by atoms with Gasteiger partial charge in [-0.1, -0.05) is 6.07 Å². The van der Waals surface area contributed by atoms with Gasteiger partial charge in [0.2, 0.25) is 0 Å². The lowest BCUT2D eigenvalue weighted by atomic mass is 10.2. The Kier molecular flexibility index (Phi) is 6.66. The summed E-state index contributed by atoms with van der Waals surface area (Å²) in [6, 6.07) is 12.6. The quantitative estimate of drug-likeness (QED) is 0.583. The van der Waals surface area contributed by atoms with Crippen LogP contribution in [0.3, 0.4) is 0 Å². The van der Waals surface area contributed by atoms with Crippen LogP contribution in [-0.2, 0) is 9.59 Å². The Bertz CT molecular complexity index is 964. The van der Waals surface area contributed by atoms with Crippen LogP contribution in [0.1, 0.15) is 29.2 Å². The van der Waals surface area contributed by atoms with E-state index in [1.165, 1.54) is 0 Å². The molecule has 3 rings (SSSR count). The highest BCUT2D eigenvalue weighted by Crippen LogP contribution is 2.24. The van der Waals surface area contributed by atoms with Crippen molar-refractivity contribution >= 4 is 28.8 Å². The van der Waals surface area contributed by atoms with E-state index in [0.29, 0.717) is 18.0 Å². The minimum Gasteiger partial charge on any atom is -0.494 e. The molecule has 2 N–H and O–H groups in total. The van der Waals surface area contributed by atoms with Crippen LogP contribution in [0.4, 0.5) is 5.69 Å². The van der Waals surface area contributed by atoms with Crippen LogP contribution in [-0.4, -0.2) is 34.7 Å². The van der Waals surface area contributed by atoms with Crippen molar-refractivity contribution in [3.63, 3.8) is 0 Å². The van der Waals surface area contributed by atoms with Crippen molar-refractivity contribution in [3.05, 3.63) is 64.1 Å². The summed E-state index contributed by atoms with van der Waals surface area (Å²) in [6.07, 6.45) is 0. The number of amides is 2. The van der Waals surface area contributed by atoms with Crippen LogP contribution >= 0.6 is 11.3 Å². The highest BCUT2D eigenvalue weighted by molar-refractivity contribution is 7.10. The van der Waals surface area contributed by atoms with Crippen molar-refractivity contribution in [2.24, 2.45) is 0 Å². The number of anilines is 1. The van der Waals surface area contributed by atoms with Crippen molar-refractivity contribution < 1.29 is 14.3 Å². The Balaban J connectivity index is 1.63. The monoisotopic (exact) mass is 412 g/mol. The highest BCUT2D eigenvalue weighted by atomic mass is 32.1. The standard InChI is InChI=1S/C21H24N4O3S/c1-4-28-17-9-7-16(8-10-17)23-21(27)20(26)22-13-18(19-6-5-11-29-19)25-15(3)12-14(2)24-25/h5-12,18H,4,13H2,1-3H3,(H,22,26)(H,23,27). The molecule has 29 heavy (non-hydrogen) atoms. The van der Waals surface area contributed by atoms with Crippen LogP contribution < -0.4 is 15.4 Å². The van der Waals surface area contributed by atoms with E-state index < -0.39 is 11.8 Å². The van der Waals surface area contributed by atoms with Gasteiger partial charge in [0, 0.05) is 22.8 Å². The molecular weight excluding hydrogens is 388 g/mol. The van der Waals surface area contributed by atoms with Gasteiger partial charge in [-0.15, -0.1) is 11.3 Å². The van der Waals surface area contributed by atoms with Gasteiger partial charge in [-0.05, 0) is 62.5 Å². The van der Waals surface area contributed by atoms with Crippen LogP contribution in [0, 0.1) is 13.8 Å². The second-order valence-corrected chi connectivity index (χ2v) is 7.50. The van der Waals surface area contributed by atoms with Crippen LogP contribution in [0.25, 0.3) is 0 Å². The zero-order chi connectivity index (χ0) is 20.8. The van der Waals surface area contributed by atoms with Crippen molar-refractivity contribution in [3.8, 4) is 5.75 Å². The molecule has 0 bridgehead atoms. The smallest absolute Gasteiger partial charge is 0.313 e. The van der Waals surface area contributed by atoms with Gasteiger partial charge >= 0.3 is 11.8 Å². The summed E-state index contributed by atoms with van der Waals surface area (Å²) in [7, 11) is 0. The van der Waals surface area contributed by atoms with Gasteiger partial charge < -0.3 is 15.4 Å². The van der Waals surface area contributed by atoms with Gasteiger partial charge in [-0.3, -0.25) is 14.3 Å². The fourth-order valence-corrected chi connectivity index (χ4v) is 3.82. The molecule has 0 aliphatic rings. The number of ether oxygens (including phenoxy) is 1. The van der Waals surface area contributed by atoms with Gasteiger partial charge in [0.25, 0.3) is 0 Å². The molecule has 0 aliphatic heterocycles. The van der Waals surface area contributed by atoms with Gasteiger partial charge in [-0.25, -0.2) is 0 Å². The third-order valence-electron chi connectivity index (χ3n) is 4.30. The van der Waals surface area contributed by atoms with Gasteiger partial charge in [-0.2, -0.15) is 5.10 Å². The average molecular weight is 413 g/mol. The van der Waals surface area contributed by atoms with E-state index in [1.807, 2.05) is 49.0 Å². The minimum absolute atomic E-state index is 0.175. The number of rotatable bonds is 7. The largest absolute Gasteiger partial charge is 0.494 e. The highest BCUT2D eigenvalue weighted by Gasteiger charge is 2.21. The van der Waals surface area contributed by atoms with E-state index in [-0.39, 0.29) is 12.6 Å². The molecule has 1 atom stereocenters. The van der Waals surface area contributed by atoms with Crippen LogP contribution in [0.5, 0.6) is 5.75 Å². The summed E-state index contributed by atoms with van der Waals surface area (Å²) in [4.78, 5) is 25.7. The predicted molar refractivity (Wildman–Crippen MR) is 113 cm³/mol. The molecule has 2 aromatic heterocycles. The number of benzene rings is 1. The molecule has 2 heterocycles. The summed E-state index contributed by atoms with van der Waals surface area (Å²) in [5.41, 5.74) is 2.43. The van der Waals surface area contributed by atoms with Gasteiger partial charge in [0.05, 0.1) is 12.3 Å². The summed E-state index contributed by atoms with van der Waals surface area (Å²) < 4.78 is 7.25. The first-order chi connectivity index (χ1) is 14.0. The van der Waals surface area contributed by atoms with Gasteiger partial charge in [0.15, 0.2) is 0 Å². The minimum atomic E-state index is -0.715. The van der Waals surface area contributed by atoms with E-state index in [4.69, 9.17) is 4.74 Å². The predicted octanol–water partition coefficient (Wildman–Crippen LogP) is 3.30. The lowest BCUT2D eigenvalue weighted by molar-refractivity contribution is -0.136. The van der Waals surface area contributed by atoms with Crippen molar-refractivity contribution in [2.45, 2.75) is 26.8 Å². The van der Waals surface area contributed by atoms with E-state index in [2.05, 4.69) is 15.7 Å². The second-order valence-electron chi connectivity index (χ2n) is 6.52. The van der Waals surface area contributed by atoms with Crippen LogP contribution in [0.2, 0.25) is 0 Å². The molecule has 152 valence electrons. The lowest BCUT2D eigenvalue weighted by Gasteiger charge is -2.18. The Morgan fingerprint density at radius 1 is 1.17 bits per heavy atom. The van der Waals surface area contributed by atoms with Crippen molar-refractivity contribution in [1.29, 1.82) is 0 Å². The molecule has 0 radical (unpaired) electrons. The third-order valence-corrected chi connectivity index (χ3v) is 5.27. The lowest BCUT2D eigenvalue weighted by Crippen LogP contribution is -2.39. The number of thiophene rings is 1. The summed E-state index contributed by atoms with van der Waals surface area (Å²) in [5, 5.41) is 11.8. The van der Waals surface area contributed by atoms with Crippen LogP contribution in [0.15, 0.2) is 47.8 Å². The molecule has 1 aromatic carbocycles. The Morgan fingerprint density at radius 2 is 1.93 bits per heavy atom. The molecule has 8 heteroatoms. The zero-order valence-electron chi connectivity index (χ0n) is 16.6. The van der Waals surface area contributed by atoms with Gasteiger partial charge in [0.1, 0.15) is 11.8 Å². The molecule has 0 fully saturated rings. The first-order valence-corrected chi connectivity index (χ1v) is 10.2. The SMILES string of the molecule is CCOc1ccc(NC(=O)C(=O)NCC(c2cccs2)n2nc(C)cc2C)cc1. The van der Waals surface area contributed by atoms with Crippen molar-refractivity contribution in [2.75, 3.05) is 18.5 Å². The fraction of sp³-hybridized carbons (Fsp3) is 0.286. The molecular formula is C21H24N4O3S. The number of aromatic nitrogens is 2. The second kappa shape index (κ2) is 9.38. The number of aryl methyl sites for hydroxylation is 2.